The van der Waals surface area contributed by atoms with E-state index in [1.807, 2.05) is 36.4 Å². The number of hydrogen-bond donors (Lipinski definition) is 0. The van der Waals surface area contributed by atoms with E-state index in [0.717, 1.165) is 27.5 Å². The molecule has 7 rings (SSSR count). The molecule has 0 N–H and O–H groups in total. The average Bonchev–Trinajstić information content (AvgIpc) is 3.01. The second-order valence-corrected chi connectivity index (χ2v) is 9.31. The van der Waals surface area contributed by atoms with Crippen molar-refractivity contribution in [1.82, 2.24) is 15.0 Å². The zero-order valence-electron chi connectivity index (χ0n) is 20.6. The van der Waals surface area contributed by atoms with Crippen molar-refractivity contribution < 1.29 is 0 Å². The van der Waals surface area contributed by atoms with E-state index >= 15 is 0 Å². The van der Waals surface area contributed by atoms with Crippen LogP contribution in [0.5, 0.6) is 0 Å². The van der Waals surface area contributed by atoms with Gasteiger partial charge in [-0.05, 0) is 44.8 Å². The zero-order chi connectivity index (χ0) is 25.3. The molecule has 0 amide bonds. The maximum atomic E-state index is 5.04. The van der Waals surface area contributed by atoms with E-state index in [9.17, 15) is 0 Å². The van der Waals surface area contributed by atoms with Crippen LogP contribution in [0.1, 0.15) is 0 Å². The van der Waals surface area contributed by atoms with Crippen molar-refractivity contribution in [1.29, 1.82) is 0 Å². The van der Waals surface area contributed by atoms with Gasteiger partial charge in [0.25, 0.3) is 0 Å². The first kappa shape index (κ1) is 22.1. The van der Waals surface area contributed by atoms with Gasteiger partial charge in [0.05, 0.1) is 0 Å². The predicted octanol–water partition coefficient (Wildman–Crippen LogP) is 8.85. The van der Waals surface area contributed by atoms with E-state index in [4.69, 9.17) is 15.0 Å². The van der Waals surface area contributed by atoms with Crippen LogP contribution in [0.25, 0.3) is 66.8 Å². The van der Waals surface area contributed by atoms with Crippen LogP contribution in [0.15, 0.2) is 140 Å². The third-order valence-electron chi connectivity index (χ3n) is 6.92. The molecule has 0 saturated carbocycles. The smallest absolute Gasteiger partial charge is 0.164 e. The lowest BCUT2D eigenvalue weighted by molar-refractivity contribution is 1.08. The molecule has 3 nitrogen and oxygen atoms in total. The monoisotopic (exact) mass is 485 g/mol. The predicted molar refractivity (Wildman–Crippen MR) is 157 cm³/mol. The van der Waals surface area contributed by atoms with E-state index in [0.29, 0.717) is 17.5 Å². The number of hydrogen-bond acceptors (Lipinski definition) is 3. The first-order valence-electron chi connectivity index (χ1n) is 12.7. The third-order valence-corrected chi connectivity index (χ3v) is 6.92. The Hall–Kier alpha value is -5.15. The van der Waals surface area contributed by atoms with Crippen molar-refractivity contribution in [3.05, 3.63) is 140 Å². The van der Waals surface area contributed by atoms with Gasteiger partial charge in [-0.3, -0.25) is 0 Å². The van der Waals surface area contributed by atoms with Gasteiger partial charge in [-0.2, -0.15) is 0 Å². The average molecular weight is 486 g/mol. The summed E-state index contributed by atoms with van der Waals surface area (Å²) in [7, 11) is 0. The van der Waals surface area contributed by atoms with Crippen LogP contribution in [0.4, 0.5) is 0 Å². The largest absolute Gasteiger partial charge is 0.208 e. The van der Waals surface area contributed by atoms with Gasteiger partial charge >= 0.3 is 0 Å². The van der Waals surface area contributed by atoms with Crippen molar-refractivity contribution in [3.63, 3.8) is 0 Å². The van der Waals surface area contributed by atoms with Gasteiger partial charge in [0.2, 0.25) is 0 Å². The number of fused-ring (bicyclic) bond motifs is 2. The Morgan fingerprint density at radius 1 is 0.316 bits per heavy atom. The topological polar surface area (TPSA) is 38.7 Å². The highest BCUT2D eigenvalue weighted by molar-refractivity contribution is 6.04. The summed E-state index contributed by atoms with van der Waals surface area (Å²) in [5, 5.41) is 4.64. The molecule has 1 aromatic heterocycles. The molecule has 0 saturated heterocycles. The van der Waals surface area contributed by atoms with Crippen LogP contribution >= 0.6 is 0 Å². The minimum atomic E-state index is 0.662. The molecule has 0 unspecified atom stereocenters. The Morgan fingerprint density at radius 2 is 0.842 bits per heavy atom. The van der Waals surface area contributed by atoms with Gasteiger partial charge < -0.3 is 0 Å². The van der Waals surface area contributed by atoms with Crippen molar-refractivity contribution in [2.75, 3.05) is 0 Å². The summed E-state index contributed by atoms with van der Waals surface area (Å²) < 4.78 is 0. The maximum absolute atomic E-state index is 5.04. The molecule has 0 aliphatic rings. The SMILES string of the molecule is c1ccc(-c2nc(-c3ccc4ccccc4c3)nc(-c3ccc(-c4ccccc4)c4ccccc34)n2)cc1. The molecular weight excluding hydrogens is 462 g/mol. The Balaban J connectivity index is 1.46. The maximum Gasteiger partial charge on any atom is 0.164 e. The second-order valence-electron chi connectivity index (χ2n) is 9.31. The summed E-state index contributed by atoms with van der Waals surface area (Å²) in [4.78, 5) is 15.0. The zero-order valence-corrected chi connectivity index (χ0v) is 20.6. The van der Waals surface area contributed by atoms with Crippen LogP contribution in [0.2, 0.25) is 0 Å². The molecule has 178 valence electrons. The van der Waals surface area contributed by atoms with Crippen LogP contribution in [-0.2, 0) is 0 Å². The molecule has 0 bridgehead atoms. The molecule has 0 spiro atoms. The highest BCUT2D eigenvalue weighted by Crippen LogP contribution is 2.35. The summed E-state index contributed by atoms with van der Waals surface area (Å²) in [6, 6.07) is 48.1. The van der Waals surface area contributed by atoms with E-state index in [1.54, 1.807) is 0 Å². The minimum Gasteiger partial charge on any atom is -0.208 e. The molecular formula is C35H23N3. The fourth-order valence-corrected chi connectivity index (χ4v) is 5.03. The molecule has 7 aromatic rings. The lowest BCUT2D eigenvalue weighted by Gasteiger charge is -2.13. The summed E-state index contributed by atoms with van der Waals surface area (Å²) in [5.74, 6) is 1.99. The number of aromatic nitrogens is 3. The van der Waals surface area contributed by atoms with E-state index in [-0.39, 0.29) is 0 Å². The molecule has 0 atom stereocenters. The number of nitrogens with zero attached hydrogens (tertiary/aromatic N) is 3. The van der Waals surface area contributed by atoms with E-state index in [1.165, 1.54) is 21.9 Å². The fraction of sp³-hybridized carbons (Fsp3) is 0. The van der Waals surface area contributed by atoms with Crippen molar-refractivity contribution in [2.24, 2.45) is 0 Å². The van der Waals surface area contributed by atoms with Crippen LogP contribution < -0.4 is 0 Å². The van der Waals surface area contributed by atoms with Gasteiger partial charge in [0, 0.05) is 16.7 Å². The highest BCUT2D eigenvalue weighted by atomic mass is 15.0. The molecule has 6 aromatic carbocycles. The van der Waals surface area contributed by atoms with Crippen molar-refractivity contribution in [2.45, 2.75) is 0 Å². The fourth-order valence-electron chi connectivity index (χ4n) is 5.03. The highest BCUT2D eigenvalue weighted by Gasteiger charge is 2.16. The summed E-state index contributed by atoms with van der Waals surface area (Å²) in [6.07, 6.45) is 0. The van der Waals surface area contributed by atoms with E-state index < -0.39 is 0 Å². The standard InChI is InChI=1S/C35H23N3/c1-3-12-25(13-4-1)29-21-22-32(31-18-10-9-17-30(29)31)35-37-33(26-14-5-2-6-15-26)36-34(38-35)28-20-19-24-11-7-8-16-27(24)23-28/h1-23H. The number of benzene rings is 6. The minimum absolute atomic E-state index is 0.662. The van der Waals surface area contributed by atoms with Gasteiger partial charge in [-0.15, -0.1) is 0 Å². The molecule has 0 aliphatic carbocycles. The lowest BCUT2D eigenvalue weighted by atomic mass is 9.94. The second kappa shape index (κ2) is 9.38. The molecule has 0 fully saturated rings. The first-order chi connectivity index (χ1) is 18.8. The summed E-state index contributed by atoms with van der Waals surface area (Å²) in [5.41, 5.74) is 5.30. The van der Waals surface area contributed by atoms with E-state index in [2.05, 4.69) is 103 Å². The summed E-state index contributed by atoms with van der Waals surface area (Å²) in [6.45, 7) is 0. The van der Waals surface area contributed by atoms with Crippen LogP contribution in [-0.4, -0.2) is 15.0 Å². The van der Waals surface area contributed by atoms with Gasteiger partial charge in [0.15, 0.2) is 17.5 Å². The molecule has 0 radical (unpaired) electrons. The molecule has 38 heavy (non-hydrogen) atoms. The van der Waals surface area contributed by atoms with Crippen LogP contribution in [0.3, 0.4) is 0 Å². The first-order valence-corrected chi connectivity index (χ1v) is 12.7. The Labute approximate surface area is 221 Å². The quantitative estimate of drug-likeness (QED) is 0.250. The molecule has 0 aliphatic heterocycles. The third kappa shape index (κ3) is 4.00. The normalized spacial score (nSPS) is 11.2. The molecule has 3 heteroatoms. The lowest BCUT2D eigenvalue weighted by Crippen LogP contribution is -2.00. The van der Waals surface area contributed by atoms with Gasteiger partial charge in [-0.1, -0.05) is 127 Å². The van der Waals surface area contributed by atoms with Gasteiger partial charge in [0.1, 0.15) is 0 Å². The molecule has 1 heterocycles. The Kier molecular flexibility index (Phi) is 5.45. The van der Waals surface area contributed by atoms with Crippen molar-refractivity contribution in [3.8, 4) is 45.3 Å². The van der Waals surface area contributed by atoms with Gasteiger partial charge in [-0.25, -0.2) is 15.0 Å². The Morgan fingerprint density at radius 3 is 1.58 bits per heavy atom. The van der Waals surface area contributed by atoms with Crippen molar-refractivity contribution >= 4 is 21.5 Å². The summed E-state index contributed by atoms with van der Waals surface area (Å²) >= 11 is 0. The number of rotatable bonds is 4. The van der Waals surface area contributed by atoms with Crippen LogP contribution in [0, 0.1) is 0 Å². The Bertz CT molecular complexity index is 1910.